The molecule has 1 N–H and O–H groups in total. The van der Waals surface area contributed by atoms with E-state index in [-0.39, 0.29) is 18.0 Å². The van der Waals surface area contributed by atoms with Crippen LogP contribution >= 0.6 is 0 Å². The van der Waals surface area contributed by atoms with Crippen molar-refractivity contribution in [2.75, 3.05) is 10.2 Å². The summed E-state index contributed by atoms with van der Waals surface area (Å²) < 4.78 is 0. The van der Waals surface area contributed by atoms with E-state index in [9.17, 15) is 9.59 Å². The SMILES string of the molecule is CCC1CC(Nc2ccccc2)c2cc(-c3ccc(C=O)cc3)ccc2N1C(C)=O. The molecule has 2 unspecified atom stereocenters. The maximum Gasteiger partial charge on any atom is 0.224 e. The predicted octanol–water partition coefficient (Wildman–Crippen LogP) is 5.85. The number of anilines is 2. The molecule has 0 saturated carbocycles. The Hall–Kier alpha value is -3.40. The number of nitrogens with one attached hydrogen (secondary N) is 1. The van der Waals surface area contributed by atoms with Crippen LogP contribution in [0.2, 0.25) is 0 Å². The van der Waals surface area contributed by atoms with E-state index >= 15 is 0 Å². The monoisotopic (exact) mass is 398 g/mol. The van der Waals surface area contributed by atoms with Crippen molar-refractivity contribution in [3.63, 3.8) is 0 Å². The Bertz CT molecular complexity index is 1040. The van der Waals surface area contributed by atoms with Crippen molar-refractivity contribution >= 4 is 23.6 Å². The van der Waals surface area contributed by atoms with Crippen molar-refractivity contribution in [1.82, 2.24) is 0 Å². The van der Waals surface area contributed by atoms with Crippen LogP contribution in [0.3, 0.4) is 0 Å². The molecule has 0 radical (unpaired) electrons. The molecule has 0 aliphatic carbocycles. The van der Waals surface area contributed by atoms with E-state index in [1.807, 2.05) is 47.4 Å². The summed E-state index contributed by atoms with van der Waals surface area (Å²) in [6, 6.07) is 24.3. The van der Waals surface area contributed by atoms with Gasteiger partial charge in [0.1, 0.15) is 6.29 Å². The molecular weight excluding hydrogens is 372 g/mol. The zero-order valence-electron chi connectivity index (χ0n) is 17.3. The van der Waals surface area contributed by atoms with Gasteiger partial charge in [0.05, 0.1) is 6.04 Å². The second-order valence-electron chi connectivity index (χ2n) is 7.76. The van der Waals surface area contributed by atoms with Crippen molar-refractivity contribution < 1.29 is 9.59 Å². The Morgan fingerprint density at radius 1 is 1.03 bits per heavy atom. The minimum Gasteiger partial charge on any atom is -0.378 e. The van der Waals surface area contributed by atoms with Crippen LogP contribution in [0.1, 0.15) is 48.7 Å². The number of rotatable bonds is 5. The first-order valence-corrected chi connectivity index (χ1v) is 10.4. The molecule has 0 fully saturated rings. The molecule has 3 aromatic carbocycles. The normalized spacial score (nSPS) is 17.9. The summed E-state index contributed by atoms with van der Waals surface area (Å²) in [7, 11) is 0. The molecular formula is C26H26N2O2. The Kier molecular flexibility index (Phi) is 5.66. The van der Waals surface area contributed by atoms with E-state index in [0.717, 1.165) is 47.2 Å². The number of para-hydroxylation sites is 1. The second kappa shape index (κ2) is 8.54. The number of hydrogen-bond donors (Lipinski definition) is 1. The zero-order chi connectivity index (χ0) is 21.1. The van der Waals surface area contributed by atoms with E-state index in [1.54, 1.807) is 6.92 Å². The Balaban J connectivity index is 1.78. The third-order valence-corrected chi connectivity index (χ3v) is 5.84. The zero-order valence-corrected chi connectivity index (χ0v) is 17.3. The average Bonchev–Trinajstić information content (AvgIpc) is 2.79. The van der Waals surface area contributed by atoms with Crippen LogP contribution < -0.4 is 10.2 Å². The molecule has 2 atom stereocenters. The van der Waals surface area contributed by atoms with Crippen molar-refractivity contribution in [1.29, 1.82) is 0 Å². The first-order chi connectivity index (χ1) is 14.6. The van der Waals surface area contributed by atoms with Crippen LogP contribution in [-0.4, -0.2) is 18.2 Å². The molecule has 0 bridgehead atoms. The molecule has 0 saturated heterocycles. The highest BCUT2D eigenvalue weighted by Gasteiger charge is 2.34. The maximum absolute atomic E-state index is 12.5. The van der Waals surface area contributed by atoms with Gasteiger partial charge >= 0.3 is 0 Å². The molecule has 3 aromatic rings. The lowest BCUT2D eigenvalue weighted by atomic mass is 9.87. The summed E-state index contributed by atoms with van der Waals surface area (Å²) in [4.78, 5) is 25.4. The number of carbonyl (C=O) groups is 2. The highest BCUT2D eigenvalue weighted by molar-refractivity contribution is 5.94. The van der Waals surface area contributed by atoms with Crippen molar-refractivity contribution in [3.05, 3.63) is 83.9 Å². The average molecular weight is 399 g/mol. The quantitative estimate of drug-likeness (QED) is 0.548. The van der Waals surface area contributed by atoms with Crippen LogP contribution in [0.15, 0.2) is 72.8 Å². The number of nitrogens with zero attached hydrogens (tertiary/aromatic N) is 1. The summed E-state index contributed by atoms with van der Waals surface area (Å²) in [5.41, 5.74) is 5.95. The van der Waals surface area contributed by atoms with Gasteiger partial charge in [-0.1, -0.05) is 55.5 Å². The van der Waals surface area contributed by atoms with E-state index in [2.05, 4.69) is 42.6 Å². The third-order valence-electron chi connectivity index (χ3n) is 5.84. The molecule has 1 aliphatic rings. The first kappa shape index (κ1) is 19.9. The lowest BCUT2D eigenvalue weighted by molar-refractivity contribution is -0.117. The van der Waals surface area contributed by atoms with E-state index in [1.165, 1.54) is 0 Å². The van der Waals surface area contributed by atoms with Gasteiger partial charge in [0.25, 0.3) is 0 Å². The molecule has 1 amide bonds. The molecule has 30 heavy (non-hydrogen) atoms. The summed E-state index contributed by atoms with van der Waals surface area (Å²) in [5, 5.41) is 3.67. The number of carbonyl (C=O) groups excluding carboxylic acids is 2. The number of amides is 1. The van der Waals surface area contributed by atoms with Gasteiger partial charge < -0.3 is 10.2 Å². The van der Waals surface area contributed by atoms with Crippen LogP contribution in [0.4, 0.5) is 11.4 Å². The number of benzene rings is 3. The second-order valence-corrected chi connectivity index (χ2v) is 7.76. The fourth-order valence-corrected chi connectivity index (χ4v) is 4.34. The summed E-state index contributed by atoms with van der Waals surface area (Å²) in [5.74, 6) is 0.0735. The number of hydrogen-bond acceptors (Lipinski definition) is 3. The van der Waals surface area contributed by atoms with Gasteiger partial charge in [0.15, 0.2) is 0 Å². The maximum atomic E-state index is 12.5. The van der Waals surface area contributed by atoms with Crippen LogP contribution in [-0.2, 0) is 4.79 Å². The molecule has 0 aromatic heterocycles. The molecule has 4 rings (SSSR count). The van der Waals surface area contributed by atoms with Gasteiger partial charge in [-0.05, 0) is 53.8 Å². The largest absolute Gasteiger partial charge is 0.378 e. The minimum atomic E-state index is 0.0735. The lowest BCUT2D eigenvalue weighted by Crippen LogP contribution is -2.44. The van der Waals surface area contributed by atoms with Crippen LogP contribution in [0, 0.1) is 0 Å². The van der Waals surface area contributed by atoms with Crippen LogP contribution in [0.5, 0.6) is 0 Å². The number of aldehydes is 1. The molecule has 4 nitrogen and oxygen atoms in total. The Morgan fingerprint density at radius 2 is 1.73 bits per heavy atom. The molecule has 0 spiro atoms. The highest BCUT2D eigenvalue weighted by atomic mass is 16.2. The molecule has 1 heterocycles. The topological polar surface area (TPSA) is 49.4 Å². The summed E-state index contributed by atoms with van der Waals surface area (Å²) in [6.45, 7) is 3.78. The molecule has 4 heteroatoms. The molecule has 152 valence electrons. The van der Waals surface area contributed by atoms with Gasteiger partial charge in [-0.3, -0.25) is 9.59 Å². The fourth-order valence-electron chi connectivity index (χ4n) is 4.34. The standard InChI is InChI=1S/C26H26N2O2/c1-3-23-16-25(27-22-7-5-4-6-8-22)24-15-21(13-14-26(24)28(23)18(2)30)20-11-9-19(17-29)10-12-20/h4-15,17,23,25,27H,3,16H2,1-2H3. The highest BCUT2D eigenvalue weighted by Crippen LogP contribution is 2.42. The van der Waals surface area contributed by atoms with Crippen LogP contribution in [0.25, 0.3) is 11.1 Å². The van der Waals surface area contributed by atoms with E-state index in [4.69, 9.17) is 0 Å². The van der Waals surface area contributed by atoms with E-state index in [0.29, 0.717) is 5.56 Å². The summed E-state index contributed by atoms with van der Waals surface area (Å²) >= 11 is 0. The van der Waals surface area contributed by atoms with Gasteiger partial charge in [0, 0.05) is 29.9 Å². The Morgan fingerprint density at radius 3 is 2.37 bits per heavy atom. The van der Waals surface area contributed by atoms with Gasteiger partial charge in [0.2, 0.25) is 5.91 Å². The minimum absolute atomic E-state index is 0.0735. The third kappa shape index (κ3) is 3.86. The van der Waals surface area contributed by atoms with Gasteiger partial charge in [-0.15, -0.1) is 0 Å². The van der Waals surface area contributed by atoms with Crippen molar-refractivity contribution in [2.24, 2.45) is 0 Å². The molecule has 1 aliphatic heterocycles. The Labute approximate surface area is 177 Å². The predicted molar refractivity (Wildman–Crippen MR) is 122 cm³/mol. The van der Waals surface area contributed by atoms with E-state index < -0.39 is 0 Å². The fraction of sp³-hybridized carbons (Fsp3) is 0.231. The smallest absolute Gasteiger partial charge is 0.224 e. The van der Waals surface area contributed by atoms with Gasteiger partial charge in [-0.2, -0.15) is 0 Å². The number of fused-ring (bicyclic) bond motifs is 1. The van der Waals surface area contributed by atoms with Crippen molar-refractivity contribution in [2.45, 2.75) is 38.8 Å². The van der Waals surface area contributed by atoms with Crippen molar-refractivity contribution in [3.8, 4) is 11.1 Å². The summed E-state index contributed by atoms with van der Waals surface area (Å²) in [6.07, 6.45) is 2.61. The lowest BCUT2D eigenvalue weighted by Gasteiger charge is -2.41. The van der Waals surface area contributed by atoms with Gasteiger partial charge in [-0.25, -0.2) is 0 Å². The first-order valence-electron chi connectivity index (χ1n) is 10.4.